The molecule has 0 saturated carbocycles. The summed E-state index contributed by atoms with van der Waals surface area (Å²) in [7, 11) is 0. The number of nitro benzene ring substituents is 1. The van der Waals surface area contributed by atoms with Crippen molar-refractivity contribution < 1.29 is 48.2 Å². The fourth-order valence-corrected chi connectivity index (χ4v) is 11.1. The van der Waals surface area contributed by atoms with Gasteiger partial charge in [0, 0.05) is 17.7 Å². The first kappa shape index (κ1) is 47.7. The number of thiazole rings is 1. The van der Waals surface area contributed by atoms with E-state index >= 15 is 14.4 Å². The Labute approximate surface area is 420 Å². The van der Waals surface area contributed by atoms with Gasteiger partial charge in [-0.15, -0.1) is 0 Å². The van der Waals surface area contributed by atoms with Crippen molar-refractivity contribution in [3.63, 3.8) is 0 Å². The summed E-state index contributed by atoms with van der Waals surface area (Å²) in [6.07, 6.45) is -2.14. The number of imide groups is 1. The number of amides is 5. The lowest BCUT2D eigenvalue weighted by molar-refractivity contribution is -0.384. The van der Waals surface area contributed by atoms with Crippen LogP contribution >= 0.6 is 11.3 Å². The number of non-ortho nitro benzene ring substituents is 1. The predicted octanol–water partition coefficient (Wildman–Crippen LogP) is 7.24. The molecule has 0 aliphatic carbocycles. The predicted molar refractivity (Wildman–Crippen MR) is 267 cm³/mol. The van der Waals surface area contributed by atoms with E-state index in [1.165, 1.54) is 41.7 Å². The molecule has 0 bridgehead atoms. The van der Waals surface area contributed by atoms with Crippen LogP contribution in [0.4, 0.5) is 26.1 Å². The van der Waals surface area contributed by atoms with Gasteiger partial charge in [0.1, 0.15) is 36.5 Å². The summed E-state index contributed by atoms with van der Waals surface area (Å²) in [5.41, 5.74) is 6.11. The molecule has 6 unspecified atom stereocenters. The number of aliphatic hydroxyl groups is 1. The normalized spacial score (nSPS) is 20.8. The first-order valence-electron chi connectivity index (χ1n) is 23.0. The molecular formula is C54H43N7O11S. The van der Waals surface area contributed by atoms with Crippen molar-refractivity contribution in [1.29, 1.82) is 0 Å². The molecule has 6 aromatic carbocycles. The van der Waals surface area contributed by atoms with Gasteiger partial charge >= 0.3 is 18.1 Å². The number of hydrogen-bond donors (Lipinski definition) is 4. The molecule has 18 nitrogen and oxygen atoms in total. The van der Waals surface area contributed by atoms with Gasteiger partial charge in [-0.3, -0.25) is 29.4 Å². The fraction of sp³-hybridized carbons (Fsp3) is 0.185. The number of nitrogens with zero attached hydrogens (tertiary/aromatic N) is 4. The van der Waals surface area contributed by atoms with Gasteiger partial charge in [-0.1, -0.05) is 108 Å². The summed E-state index contributed by atoms with van der Waals surface area (Å²) >= 11 is 1.19. The smallest absolute Gasteiger partial charge is 0.421 e. The molecule has 1 spiro atoms. The minimum atomic E-state index is -2.21. The van der Waals surface area contributed by atoms with Crippen molar-refractivity contribution in [2.45, 2.75) is 36.3 Å². The number of carbonyl (C=O) groups is 5. The molecule has 4 heterocycles. The van der Waals surface area contributed by atoms with Crippen LogP contribution in [-0.4, -0.2) is 75.6 Å². The van der Waals surface area contributed by atoms with Crippen molar-refractivity contribution >= 4 is 68.0 Å². The monoisotopic (exact) mass is 997 g/mol. The number of ether oxygens (including phenoxy) is 3. The molecule has 5 N–H and O–H groups in total. The summed E-state index contributed by atoms with van der Waals surface area (Å²) in [5.74, 6) is 2.02. The van der Waals surface area contributed by atoms with Gasteiger partial charge in [-0.05, 0) is 82.4 Å². The van der Waals surface area contributed by atoms with E-state index in [0.717, 1.165) is 9.60 Å². The van der Waals surface area contributed by atoms with Crippen LogP contribution in [0.15, 0.2) is 152 Å². The molecule has 6 atom stereocenters. The average Bonchev–Trinajstić information content (AvgIpc) is 4.05. The quantitative estimate of drug-likeness (QED) is 0.0409. The number of urea groups is 1. The van der Waals surface area contributed by atoms with Crippen LogP contribution in [0.25, 0.3) is 10.2 Å². The van der Waals surface area contributed by atoms with Gasteiger partial charge in [0.25, 0.3) is 5.69 Å². The molecule has 73 heavy (non-hydrogen) atoms. The minimum absolute atomic E-state index is 0.0167. The van der Waals surface area contributed by atoms with E-state index in [9.17, 15) is 24.8 Å². The number of rotatable bonds is 12. The molecule has 3 aliphatic heterocycles. The van der Waals surface area contributed by atoms with E-state index in [0.29, 0.717) is 39.1 Å². The second kappa shape index (κ2) is 20.0. The Hall–Kier alpha value is -8.96. The topological polar surface area (TPSA) is 246 Å². The SMILES string of the molecule is NC(=O)NCC#Cc1ccc2c(c1)C1(C(=O)N2C(=O)OCc2ccc([N+](=O)[O-])cc2)C(C(=O)Nc2nc3ccccc3s2)C2C(=O)OC(c3ccccc3)C(c3ccccc3)N2C1c1ccc(OCCO)cc1. The van der Waals surface area contributed by atoms with Crippen LogP contribution in [-0.2, 0) is 35.9 Å². The van der Waals surface area contributed by atoms with Crippen LogP contribution < -0.4 is 26.0 Å². The van der Waals surface area contributed by atoms with Crippen molar-refractivity contribution in [3.05, 3.63) is 195 Å². The van der Waals surface area contributed by atoms with Gasteiger partial charge in [-0.25, -0.2) is 19.5 Å². The van der Waals surface area contributed by atoms with E-state index in [-0.39, 0.29) is 41.8 Å². The third-order valence-electron chi connectivity index (χ3n) is 13.1. The van der Waals surface area contributed by atoms with E-state index in [4.69, 9.17) is 24.9 Å². The molecule has 1 aromatic heterocycles. The number of nitrogens with one attached hydrogen (secondary N) is 2. The number of morpholine rings is 1. The largest absolute Gasteiger partial charge is 0.491 e. The Balaban J connectivity index is 1.23. The van der Waals surface area contributed by atoms with Gasteiger partial charge < -0.3 is 35.7 Å². The summed E-state index contributed by atoms with van der Waals surface area (Å²) in [5, 5.41) is 26.6. The number of aliphatic hydroxyl groups excluding tert-OH is 1. The molecule has 2 saturated heterocycles. The standard InChI is InChI=1S/C54H43N7O11S/c55-51(66)56-27-9-10-32-19-26-41-39(30-32)54(50(65)59(41)53(67)71-31-33-17-22-37(23-18-33)61(68)69)43(48(63)58-52-57-40-15-7-8-16-42(40)73-52)45-49(64)72-46(35-13-5-2-6-14-35)44(34-11-3-1-4-12-34)60(45)47(54)36-20-24-38(25-21-36)70-29-28-62/h1-8,11-26,30,43-47,62H,27-29,31H2,(H3,55,56,66)(H,57,58,63). The molecular weight excluding hydrogens is 955 g/mol. The van der Waals surface area contributed by atoms with E-state index < -0.39 is 77.0 Å². The number of carbonyl (C=O) groups excluding carboxylic acids is 5. The first-order chi connectivity index (χ1) is 35.5. The zero-order valence-electron chi connectivity index (χ0n) is 38.5. The summed E-state index contributed by atoms with van der Waals surface area (Å²) in [4.78, 5) is 92.7. The van der Waals surface area contributed by atoms with Gasteiger partial charge in [-0.2, -0.15) is 0 Å². The lowest BCUT2D eigenvalue weighted by Gasteiger charge is -2.46. The lowest BCUT2D eigenvalue weighted by Crippen LogP contribution is -2.54. The average molecular weight is 998 g/mol. The number of benzene rings is 6. The highest BCUT2D eigenvalue weighted by Gasteiger charge is 2.76. The van der Waals surface area contributed by atoms with E-state index in [1.54, 1.807) is 48.5 Å². The van der Waals surface area contributed by atoms with Crippen molar-refractivity contribution in [3.8, 4) is 17.6 Å². The molecule has 0 radical (unpaired) electrons. The maximum absolute atomic E-state index is 16.6. The minimum Gasteiger partial charge on any atom is -0.491 e. The Kier molecular flexibility index (Phi) is 13.1. The van der Waals surface area contributed by atoms with Gasteiger partial charge in [0.05, 0.1) is 52.0 Å². The molecule has 7 aromatic rings. The van der Waals surface area contributed by atoms with Crippen molar-refractivity contribution in [2.75, 3.05) is 30.0 Å². The third kappa shape index (κ3) is 8.84. The number of nitro groups is 1. The highest BCUT2D eigenvalue weighted by molar-refractivity contribution is 7.22. The number of aromatic nitrogens is 1. The highest BCUT2D eigenvalue weighted by atomic mass is 32.1. The second-order valence-electron chi connectivity index (χ2n) is 17.3. The van der Waals surface area contributed by atoms with Crippen molar-refractivity contribution in [2.24, 2.45) is 11.7 Å². The lowest BCUT2D eigenvalue weighted by atomic mass is 9.65. The Bertz CT molecular complexity index is 3310. The molecule has 2 fully saturated rings. The summed E-state index contributed by atoms with van der Waals surface area (Å²) < 4.78 is 19.0. The number of para-hydroxylation sites is 1. The van der Waals surface area contributed by atoms with Crippen LogP contribution in [0.1, 0.15) is 51.6 Å². The molecule has 10 rings (SSSR count). The zero-order chi connectivity index (χ0) is 50.8. The van der Waals surface area contributed by atoms with E-state index in [1.807, 2.05) is 77.7 Å². The number of esters is 1. The maximum Gasteiger partial charge on any atom is 0.421 e. The third-order valence-corrected chi connectivity index (χ3v) is 14.0. The highest BCUT2D eigenvalue weighted by Crippen LogP contribution is 2.66. The number of nitrogens with two attached hydrogens (primary N) is 1. The summed E-state index contributed by atoms with van der Waals surface area (Å²) in [6, 6.07) is 37.9. The number of primary amides is 1. The zero-order valence-corrected chi connectivity index (χ0v) is 39.3. The van der Waals surface area contributed by atoms with Gasteiger partial charge in [0.15, 0.2) is 5.13 Å². The fourth-order valence-electron chi connectivity index (χ4n) is 10.2. The first-order valence-corrected chi connectivity index (χ1v) is 23.8. The van der Waals surface area contributed by atoms with Crippen molar-refractivity contribution in [1.82, 2.24) is 15.2 Å². The molecule has 5 amide bonds. The van der Waals surface area contributed by atoms with Crippen LogP contribution in [0.3, 0.4) is 0 Å². The second-order valence-corrected chi connectivity index (χ2v) is 18.3. The number of fused-ring (bicyclic) bond motifs is 4. The summed E-state index contributed by atoms with van der Waals surface area (Å²) in [6.45, 7) is -0.826. The Morgan fingerprint density at radius 1 is 0.863 bits per heavy atom. The van der Waals surface area contributed by atoms with Crippen LogP contribution in [0.2, 0.25) is 0 Å². The maximum atomic E-state index is 16.6. The molecule has 19 heteroatoms. The number of anilines is 2. The number of cyclic esters (lactones) is 1. The van der Waals surface area contributed by atoms with Crippen LogP contribution in [0, 0.1) is 27.9 Å². The molecule has 3 aliphatic rings. The van der Waals surface area contributed by atoms with Gasteiger partial charge in [0.2, 0.25) is 11.8 Å². The Morgan fingerprint density at radius 3 is 2.25 bits per heavy atom. The van der Waals surface area contributed by atoms with E-state index in [2.05, 4.69) is 22.5 Å². The number of hydrogen-bond acceptors (Lipinski definition) is 14. The van der Waals surface area contributed by atoms with Crippen LogP contribution in [0.5, 0.6) is 5.75 Å². The molecule has 366 valence electrons. The Morgan fingerprint density at radius 2 is 1.56 bits per heavy atom.